The van der Waals surface area contributed by atoms with Gasteiger partial charge in [0, 0.05) is 36.0 Å². The Labute approximate surface area is 140 Å². The molecule has 0 bridgehead atoms. The number of hydrogen-bond acceptors (Lipinski definition) is 3. The molecule has 3 aromatic rings. The first kappa shape index (κ1) is 15.0. The number of rotatable bonds is 5. The smallest absolute Gasteiger partial charge is 0.323 e. The van der Waals surface area contributed by atoms with Crippen LogP contribution >= 0.6 is 0 Å². The zero-order valence-corrected chi connectivity index (χ0v) is 13.4. The predicted molar refractivity (Wildman–Crippen MR) is 94.0 cm³/mol. The molecule has 2 atom stereocenters. The Morgan fingerprint density at radius 3 is 2.71 bits per heavy atom. The molecule has 0 amide bonds. The summed E-state index contributed by atoms with van der Waals surface area (Å²) in [5.74, 6) is 0.0384. The van der Waals surface area contributed by atoms with Gasteiger partial charge in [-0.3, -0.25) is 4.79 Å². The van der Waals surface area contributed by atoms with Crippen molar-refractivity contribution in [2.75, 3.05) is 13.2 Å². The van der Waals surface area contributed by atoms with Crippen molar-refractivity contribution in [2.45, 2.75) is 18.4 Å². The van der Waals surface area contributed by atoms with Gasteiger partial charge in [0.15, 0.2) is 0 Å². The van der Waals surface area contributed by atoms with Gasteiger partial charge in [-0.25, -0.2) is 0 Å². The summed E-state index contributed by atoms with van der Waals surface area (Å²) in [5.41, 5.74) is 3.62. The molecule has 1 aliphatic rings. The standard InChI is InChI=1S/C20H20N2O2/c23-20-19(10-11-24-20)22-12-16(14-6-2-1-3-7-14)17-13-21-18-9-5-4-8-15(17)18/h1-9,13,16,19,21-22H,10-12H2/t16-,19+/m1/s1. The van der Waals surface area contributed by atoms with Crippen LogP contribution in [0, 0.1) is 0 Å². The number of H-pyrrole nitrogens is 1. The number of aromatic nitrogens is 1. The molecule has 2 N–H and O–H groups in total. The normalized spacial score (nSPS) is 18.7. The number of fused-ring (bicyclic) bond motifs is 1. The zero-order chi connectivity index (χ0) is 16.4. The second-order valence-electron chi connectivity index (χ2n) is 6.17. The Morgan fingerprint density at radius 2 is 1.92 bits per heavy atom. The van der Waals surface area contributed by atoms with Gasteiger partial charge in [0.2, 0.25) is 0 Å². The highest BCUT2D eigenvalue weighted by Crippen LogP contribution is 2.30. The van der Waals surface area contributed by atoms with E-state index in [4.69, 9.17) is 4.74 Å². The quantitative estimate of drug-likeness (QED) is 0.710. The molecule has 1 saturated heterocycles. The van der Waals surface area contributed by atoms with Gasteiger partial charge in [-0.15, -0.1) is 0 Å². The number of hydrogen-bond donors (Lipinski definition) is 2. The molecule has 1 fully saturated rings. The van der Waals surface area contributed by atoms with Gasteiger partial charge in [0.05, 0.1) is 6.61 Å². The van der Waals surface area contributed by atoms with E-state index in [-0.39, 0.29) is 17.9 Å². The first-order valence-electron chi connectivity index (χ1n) is 8.34. The predicted octanol–water partition coefficient (Wildman–Crippen LogP) is 3.20. The Bertz CT molecular complexity index is 841. The van der Waals surface area contributed by atoms with Crippen molar-refractivity contribution in [3.63, 3.8) is 0 Å². The van der Waals surface area contributed by atoms with E-state index in [1.54, 1.807) is 0 Å². The van der Waals surface area contributed by atoms with Crippen molar-refractivity contribution in [2.24, 2.45) is 0 Å². The second kappa shape index (κ2) is 6.49. The maximum Gasteiger partial charge on any atom is 0.323 e. The topological polar surface area (TPSA) is 54.1 Å². The van der Waals surface area contributed by atoms with Crippen LogP contribution in [0.4, 0.5) is 0 Å². The lowest BCUT2D eigenvalue weighted by Crippen LogP contribution is -2.36. The molecule has 1 aromatic heterocycles. The molecule has 4 rings (SSSR count). The molecule has 0 saturated carbocycles. The summed E-state index contributed by atoms with van der Waals surface area (Å²) in [6.07, 6.45) is 2.82. The van der Waals surface area contributed by atoms with Crippen LogP contribution in [0.3, 0.4) is 0 Å². The van der Waals surface area contributed by atoms with Gasteiger partial charge in [-0.1, -0.05) is 48.5 Å². The molecule has 4 heteroatoms. The fourth-order valence-corrected chi connectivity index (χ4v) is 3.42. The van der Waals surface area contributed by atoms with Crippen LogP contribution in [0.5, 0.6) is 0 Å². The molecule has 4 nitrogen and oxygen atoms in total. The van der Waals surface area contributed by atoms with E-state index < -0.39 is 0 Å². The van der Waals surface area contributed by atoms with E-state index in [1.807, 2.05) is 12.1 Å². The van der Waals surface area contributed by atoms with Gasteiger partial charge in [0.1, 0.15) is 6.04 Å². The number of nitrogens with one attached hydrogen (secondary N) is 2. The van der Waals surface area contributed by atoms with Crippen LogP contribution in [-0.2, 0) is 9.53 Å². The van der Waals surface area contributed by atoms with Crippen LogP contribution in [0.15, 0.2) is 60.8 Å². The fourth-order valence-electron chi connectivity index (χ4n) is 3.42. The van der Waals surface area contributed by atoms with E-state index >= 15 is 0 Å². The van der Waals surface area contributed by atoms with Crippen LogP contribution in [0.25, 0.3) is 10.9 Å². The van der Waals surface area contributed by atoms with Gasteiger partial charge in [0.25, 0.3) is 0 Å². The van der Waals surface area contributed by atoms with E-state index in [0.29, 0.717) is 13.2 Å². The van der Waals surface area contributed by atoms with Crippen LogP contribution in [0.2, 0.25) is 0 Å². The molecule has 1 aliphatic heterocycles. The van der Waals surface area contributed by atoms with Crippen LogP contribution in [-0.4, -0.2) is 30.1 Å². The number of cyclic esters (lactones) is 1. The van der Waals surface area contributed by atoms with E-state index in [2.05, 4.69) is 59.0 Å². The highest BCUT2D eigenvalue weighted by Gasteiger charge is 2.27. The van der Waals surface area contributed by atoms with Crippen molar-refractivity contribution >= 4 is 16.9 Å². The third-order valence-electron chi connectivity index (χ3n) is 4.70. The van der Waals surface area contributed by atoms with Crippen molar-refractivity contribution in [1.29, 1.82) is 0 Å². The minimum Gasteiger partial charge on any atom is -0.464 e. The van der Waals surface area contributed by atoms with E-state index in [1.165, 1.54) is 16.5 Å². The Hall–Kier alpha value is -2.59. The molecule has 0 spiro atoms. The summed E-state index contributed by atoms with van der Waals surface area (Å²) >= 11 is 0. The average molecular weight is 320 g/mol. The maximum atomic E-state index is 11.7. The van der Waals surface area contributed by atoms with Crippen molar-refractivity contribution in [3.8, 4) is 0 Å². The lowest BCUT2D eigenvalue weighted by atomic mass is 9.90. The number of carbonyl (C=O) groups excluding carboxylic acids is 1. The summed E-state index contributed by atoms with van der Waals surface area (Å²) < 4.78 is 5.06. The van der Waals surface area contributed by atoms with Gasteiger partial charge < -0.3 is 15.0 Å². The summed E-state index contributed by atoms with van der Waals surface area (Å²) in [7, 11) is 0. The van der Waals surface area contributed by atoms with Crippen molar-refractivity contribution < 1.29 is 9.53 Å². The largest absolute Gasteiger partial charge is 0.464 e. The third-order valence-corrected chi connectivity index (χ3v) is 4.70. The molecule has 2 aromatic carbocycles. The minimum absolute atomic E-state index is 0.138. The van der Waals surface area contributed by atoms with Crippen molar-refractivity contribution in [1.82, 2.24) is 10.3 Å². The van der Waals surface area contributed by atoms with Gasteiger partial charge in [-0.05, 0) is 17.2 Å². The van der Waals surface area contributed by atoms with Crippen molar-refractivity contribution in [3.05, 3.63) is 71.9 Å². The number of esters is 1. The van der Waals surface area contributed by atoms with Gasteiger partial charge >= 0.3 is 5.97 Å². The van der Waals surface area contributed by atoms with E-state index in [0.717, 1.165) is 11.9 Å². The average Bonchev–Trinajstić information content (AvgIpc) is 3.23. The summed E-state index contributed by atoms with van der Waals surface area (Å²) in [6, 6.07) is 18.5. The molecule has 0 radical (unpaired) electrons. The lowest BCUT2D eigenvalue weighted by molar-refractivity contribution is -0.139. The number of para-hydroxylation sites is 1. The first-order chi connectivity index (χ1) is 11.8. The Morgan fingerprint density at radius 1 is 1.12 bits per heavy atom. The zero-order valence-electron chi connectivity index (χ0n) is 13.4. The van der Waals surface area contributed by atoms with Gasteiger partial charge in [-0.2, -0.15) is 0 Å². The highest BCUT2D eigenvalue weighted by molar-refractivity contribution is 5.84. The SMILES string of the molecule is O=C1OCC[C@@H]1NC[C@H](c1ccccc1)c1c[nH]c2ccccc12. The molecule has 24 heavy (non-hydrogen) atoms. The Balaban J connectivity index is 1.67. The molecular weight excluding hydrogens is 300 g/mol. The number of aromatic amines is 1. The number of benzene rings is 2. The van der Waals surface area contributed by atoms with Crippen LogP contribution in [0.1, 0.15) is 23.5 Å². The number of ether oxygens (including phenoxy) is 1. The van der Waals surface area contributed by atoms with E-state index in [9.17, 15) is 4.79 Å². The second-order valence-corrected chi connectivity index (χ2v) is 6.17. The monoisotopic (exact) mass is 320 g/mol. The Kier molecular flexibility index (Phi) is 4.05. The third kappa shape index (κ3) is 2.81. The maximum absolute atomic E-state index is 11.7. The summed E-state index contributed by atoms with van der Waals surface area (Å²) in [6.45, 7) is 1.21. The summed E-state index contributed by atoms with van der Waals surface area (Å²) in [4.78, 5) is 15.1. The summed E-state index contributed by atoms with van der Waals surface area (Å²) in [5, 5.41) is 4.62. The molecule has 122 valence electrons. The molecule has 2 heterocycles. The number of carbonyl (C=O) groups is 1. The molecule has 0 unspecified atom stereocenters. The molecular formula is C20H20N2O2. The first-order valence-corrected chi connectivity index (χ1v) is 8.34. The highest BCUT2D eigenvalue weighted by atomic mass is 16.5. The fraction of sp³-hybridized carbons (Fsp3) is 0.250. The van der Waals surface area contributed by atoms with Crippen LogP contribution < -0.4 is 5.32 Å². The lowest BCUT2D eigenvalue weighted by Gasteiger charge is -2.19. The minimum atomic E-state index is -0.193. The molecule has 0 aliphatic carbocycles.